The molecular formula is C29H27NO7. The van der Waals surface area contributed by atoms with E-state index in [1.807, 2.05) is 13.8 Å². The number of amides is 1. The summed E-state index contributed by atoms with van der Waals surface area (Å²) in [7, 11) is 2.77. The Morgan fingerprint density at radius 1 is 0.973 bits per heavy atom. The van der Waals surface area contributed by atoms with E-state index in [0.29, 0.717) is 34.9 Å². The molecule has 1 aliphatic heterocycles. The quantitative estimate of drug-likeness (QED) is 0.214. The van der Waals surface area contributed by atoms with E-state index < -0.39 is 23.7 Å². The molecule has 0 radical (unpaired) electrons. The summed E-state index contributed by atoms with van der Waals surface area (Å²) < 4.78 is 15.8. The SMILES string of the molecule is CCOc1ccc(/C(O)=C2\C(=O)C(=O)N(c3cccc(C(=O)OC)c3)C2c2cccc(OC)c2)cc1C. The Balaban J connectivity index is 1.93. The highest BCUT2D eigenvalue weighted by Crippen LogP contribution is 2.43. The number of nitrogens with zero attached hydrogens (tertiary/aromatic N) is 1. The van der Waals surface area contributed by atoms with Gasteiger partial charge in [0.2, 0.25) is 0 Å². The van der Waals surface area contributed by atoms with Gasteiger partial charge in [-0.2, -0.15) is 0 Å². The molecule has 8 heteroatoms. The van der Waals surface area contributed by atoms with E-state index in [0.717, 1.165) is 5.56 Å². The Morgan fingerprint density at radius 3 is 2.41 bits per heavy atom. The Kier molecular flexibility index (Phi) is 7.29. The number of carbonyl (C=O) groups excluding carboxylic acids is 3. The fraction of sp³-hybridized carbons (Fsp3) is 0.207. The number of Topliss-reactive ketones (excluding diaryl/α,β-unsaturated/α-hetero) is 1. The van der Waals surface area contributed by atoms with Crippen LogP contribution < -0.4 is 14.4 Å². The molecule has 37 heavy (non-hydrogen) atoms. The number of anilines is 1. The van der Waals surface area contributed by atoms with Crippen molar-refractivity contribution in [1.82, 2.24) is 0 Å². The van der Waals surface area contributed by atoms with Gasteiger partial charge in [-0.15, -0.1) is 0 Å². The minimum atomic E-state index is -0.977. The third-order valence-electron chi connectivity index (χ3n) is 6.15. The normalized spacial score (nSPS) is 16.5. The van der Waals surface area contributed by atoms with Gasteiger partial charge in [-0.3, -0.25) is 14.5 Å². The number of aliphatic hydroxyl groups excluding tert-OH is 1. The van der Waals surface area contributed by atoms with Crippen LogP contribution in [0.2, 0.25) is 0 Å². The van der Waals surface area contributed by atoms with Crippen molar-refractivity contribution in [3.8, 4) is 11.5 Å². The lowest BCUT2D eigenvalue weighted by atomic mass is 9.94. The lowest BCUT2D eigenvalue weighted by Gasteiger charge is -2.26. The average molecular weight is 502 g/mol. The third kappa shape index (κ3) is 4.78. The van der Waals surface area contributed by atoms with Crippen molar-refractivity contribution in [2.75, 3.05) is 25.7 Å². The molecule has 0 bridgehead atoms. The standard InChI is InChI=1S/C29H27NO7/c1-5-37-23-13-12-19(14-17(23)2)26(31)24-25(18-8-7-11-22(16-18)35-3)30(28(33)27(24)32)21-10-6-9-20(15-21)29(34)36-4/h6-16,25,31H,5H2,1-4H3/b26-24+. The lowest BCUT2D eigenvalue weighted by Crippen LogP contribution is -2.29. The number of benzene rings is 3. The average Bonchev–Trinajstić information content (AvgIpc) is 3.19. The molecule has 1 fully saturated rings. The summed E-state index contributed by atoms with van der Waals surface area (Å²) in [6, 6.07) is 17.2. The Labute approximate surface area is 214 Å². The van der Waals surface area contributed by atoms with Gasteiger partial charge in [-0.05, 0) is 73.5 Å². The van der Waals surface area contributed by atoms with Crippen molar-refractivity contribution in [3.05, 3.63) is 94.6 Å². The van der Waals surface area contributed by atoms with Crippen LogP contribution in [0.25, 0.3) is 5.76 Å². The first-order valence-corrected chi connectivity index (χ1v) is 11.7. The fourth-order valence-electron chi connectivity index (χ4n) is 4.40. The van der Waals surface area contributed by atoms with Crippen LogP contribution in [-0.2, 0) is 14.3 Å². The summed E-state index contributed by atoms with van der Waals surface area (Å²) >= 11 is 0. The highest BCUT2D eigenvalue weighted by molar-refractivity contribution is 6.51. The minimum Gasteiger partial charge on any atom is -0.507 e. The summed E-state index contributed by atoms with van der Waals surface area (Å²) in [5, 5.41) is 11.4. The van der Waals surface area contributed by atoms with Crippen molar-refractivity contribution >= 4 is 29.1 Å². The second-order valence-corrected chi connectivity index (χ2v) is 8.40. The van der Waals surface area contributed by atoms with Crippen LogP contribution >= 0.6 is 0 Å². The van der Waals surface area contributed by atoms with E-state index in [-0.39, 0.29) is 16.9 Å². The summed E-state index contributed by atoms with van der Waals surface area (Å²) in [6.07, 6.45) is 0. The molecule has 0 spiro atoms. The van der Waals surface area contributed by atoms with E-state index in [4.69, 9.17) is 14.2 Å². The second kappa shape index (κ2) is 10.6. The maximum atomic E-state index is 13.4. The van der Waals surface area contributed by atoms with Crippen LogP contribution in [0.5, 0.6) is 11.5 Å². The van der Waals surface area contributed by atoms with Crippen molar-refractivity contribution in [3.63, 3.8) is 0 Å². The topological polar surface area (TPSA) is 102 Å². The summed E-state index contributed by atoms with van der Waals surface area (Å²) in [5.74, 6) is -1.41. The van der Waals surface area contributed by atoms with Crippen molar-refractivity contribution in [2.24, 2.45) is 0 Å². The highest BCUT2D eigenvalue weighted by Gasteiger charge is 2.47. The fourth-order valence-corrected chi connectivity index (χ4v) is 4.40. The summed E-state index contributed by atoms with van der Waals surface area (Å²) in [5.41, 5.74) is 2.13. The Morgan fingerprint density at radius 2 is 1.73 bits per heavy atom. The maximum absolute atomic E-state index is 13.4. The molecule has 3 aromatic carbocycles. The predicted octanol–water partition coefficient (Wildman–Crippen LogP) is 4.82. The number of ketones is 1. The van der Waals surface area contributed by atoms with Crippen LogP contribution in [0.4, 0.5) is 5.69 Å². The molecule has 0 aromatic heterocycles. The van der Waals surface area contributed by atoms with Gasteiger partial charge in [-0.25, -0.2) is 4.79 Å². The van der Waals surface area contributed by atoms with Gasteiger partial charge in [0.25, 0.3) is 11.7 Å². The van der Waals surface area contributed by atoms with E-state index in [2.05, 4.69) is 0 Å². The largest absolute Gasteiger partial charge is 0.507 e. The number of hydrogen-bond acceptors (Lipinski definition) is 7. The molecule has 4 rings (SSSR count). The maximum Gasteiger partial charge on any atom is 0.337 e. The van der Waals surface area contributed by atoms with E-state index in [1.165, 1.54) is 25.2 Å². The van der Waals surface area contributed by atoms with Gasteiger partial charge in [0.05, 0.1) is 38.0 Å². The highest BCUT2D eigenvalue weighted by atomic mass is 16.5. The van der Waals surface area contributed by atoms with Crippen LogP contribution in [0.1, 0.15) is 40.0 Å². The van der Waals surface area contributed by atoms with Gasteiger partial charge in [0.15, 0.2) is 0 Å². The molecule has 3 aromatic rings. The smallest absolute Gasteiger partial charge is 0.337 e. The van der Waals surface area contributed by atoms with Gasteiger partial charge < -0.3 is 19.3 Å². The summed E-state index contributed by atoms with van der Waals surface area (Å²) in [6.45, 7) is 4.19. The minimum absolute atomic E-state index is 0.0784. The van der Waals surface area contributed by atoms with Crippen LogP contribution in [-0.4, -0.2) is 43.6 Å². The molecule has 1 amide bonds. The van der Waals surface area contributed by atoms with Crippen molar-refractivity contribution in [2.45, 2.75) is 19.9 Å². The van der Waals surface area contributed by atoms with Gasteiger partial charge >= 0.3 is 5.97 Å². The lowest BCUT2D eigenvalue weighted by molar-refractivity contribution is -0.132. The van der Waals surface area contributed by atoms with Crippen LogP contribution in [0.15, 0.2) is 72.3 Å². The Hall–Kier alpha value is -4.59. The molecule has 0 aliphatic carbocycles. The molecule has 1 heterocycles. The third-order valence-corrected chi connectivity index (χ3v) is 6.15. The second-order valence-electron chi connectivity index (χ2n) is 8.40. The monoisotopic (exact) mass is 501 g/mol. The van der Waals surface area contributed by atoms with Crippen molar-refractivity contribution in [1.29, 1.82) is 0 Å². The number of aliphatic hydroxyl groups is 1. The number of methoxy groups -OCH3 is 2. The number of aryl methyl sites for hydroxylation is 1. The molecule has 190 valence electrons. The van der Waals surface area contributed by atoms with Gasteiger partial charge in [0.1, 0.15) is 17.3 Å². The Bertz CT molecular complexity index is 1410. The van der Waals surface area contributed by atoms with E-state index >= 15 is 0 Å². The predicted molar refractivity (Wildman–Crippen MR) is 138 cm³/mol. The zero-order chi connectivity index (χ0) is 26.7. The van der Waals surface area contributed by atoms with Crippen LogP contribution in [0.3, 0.4) is 0 Å². The molecule has 1 unspecified atom stereocenters. The van der Waals surface area contributed by atoms with E-state index in [1.54, 1.807) is 60.7 Å². The molecule has 1 saturated heterocycles. The first kappa shape index (κ1) is 25.5. The molecular weight excluding hydrogens is 474 g/mol. The molecule has 8 nitrogen and oxygen atoms in total. The number of ether oxygens (including phenoxy) is 3. The molecule has 1 aliphatic rings. The molecule has 1 N–H and O–H groups in total. The number of carbonyl (C=O) groups is 3. The zero-order valence-electron chi connectivity index (χ0n) is 21.0. The first-order chi connectivity index (χ1) is 17.8. The van der Waals surface area contributed by atoms with Gasteiger partial charge in [-0.1, -0.05) is 18.2 Å². The van der Waals surface area contributed by atoms with Crippen molar-refractivity contribution < 1.29 is 33.7 Å². The number of rotatable bonds is 7. The number of esters is 1. The first-order valence-electron chi connectivity index (χ1n) is 11.7. The van der Waals surface area contributed by atoms with E-state index in [9.17, 15) is 19.5 Å². The zero-order valence-corrected chi connectivity index (χ0v) is 21.0. The van der Waals surface area contributed by atoms with Crippen LogP contribution in [0, 0.1) is 6.92 Å². The number of hydrogen-bond donors (Lipinski definition) is 1. The van der Waals surface area contributed by atoms with Gasteiger partial charge in [0, 0.05) is 11.3 Å². The summed E-state index contributed by atoms with van der Waals surface area (Å²) in [4.78, 5) is 40.3. The molecule has 1 atom stereocenters. The molecule has 0 saturated carbocycles.